The summed E-state index contributed by atoms with van der Waals surface area (Å²) in [7, 11) is 0. The van der Waals surface area contributed by atoms with Gasteiger partial charge in [-0.25, -0.2) is 0 Å². The number of nitrogens with zero attached hydrogens (tertiary/aromatic N) is 1. The molecule has 0 aliphatic carbocycles. The van der Waals surface area contributed by atoms with Crippen LogP contribution in [0.5, 0.6) is 0 Å². The number of aromatic nitrogens is 1. The summed E-state index contributed by atoms with van der Waals surface area (Å²) in [6.45, 7) is 13.9. The van der Waals surface area contributed by atoms with Gasteiger partial charge in [0.05, 0.1) is 20.2 Å². The van der Waals surface area contributed by atoms with Crippen LogP contribution in [0.15, 0.2) is 33.9 Å². The van der Waals surface area contributed by atoms with Gasteiger partial charge in [-0.2, -0.15) is 0 Å². The Morgan fingerprint density at radius 3 is 1.53 bits per heavy atom. The Morgan fingerprint density at radius 2 is 0.966 bits per heavy atom. The first kappa shape index (κ1) is 48.0. The van der Waals surface area contributed by atoms with E-state index in [0.717, 1.165) is 51.8 Å². The molecular weight excluding hydrogens is 799 g/mol. The van der Waals surface area contributed by atoms with Gasteiger partial charge < -0.3 is 0 Å². The summed E-state index contributed by atoms with van der Waals surface area (Å²) in [5.74, 6) is 0.322. The van der Waals surface area contributed by atoms with Crippen molar-refractivity contribution in [3.8, 4) is 19.5 Å². The summed E-state index contributed by atoms with van der Waals surface area (Å²) in [6, 6.07) is 9.17. The molecule has 0 aliphatic heterocycles. The Hall–Kier alpha value is -2.06. The molecule has 59 heavy (non-hydrogen) atoms. The van der Waals surface area contributed by atoms with Crippen LogP contribution in [-0.4, -0.2) is 4.57 Å². The fraction of sp³-hybridized carbons (Fsp3) is 0.654. The number of thiophene rings is 4. The number of fused-ring (bicyclic) bond motifs is 3. The van der Waals surface area contributed by atoms with E-state index in [9.17, 15) is 9.59 Å². The lowest BCUT2D eigenvalue weighted by Crippen LogP contribution is -2.32. The summed E-state index contributed by atoms with van der Waals surface area (Å²) in [6.07, 6.45) is 33.6. The van der Waals surface area contributed by atoms with Gasteiger partial charge in [-0.15, -0.1) is 45.3 Å². The Balaban J connectivity index is 1.40. The summed E-state index contributed by atoms with van der Waals surface area (Å²) in [5.41, 5.74) is 2.73. The molecule has 5 rings (SSSR count). The smallest absolute Gasteiger partial charge is 0.262 e. The molecule has 0 aliphatic rings. The normalized spacial score (nSPS) is 12.4. The average Bonchev–Trinajstić information content (AvgIpc) is 4.03. The first-order valence-electron chi connectivity index (χ1n) is 24.1. The lowest BCUT2D eigenvalue weighted by Gasteiger charge is -2.14. The number of aryl methyl sites for hydroxylation is 4. The van der Waals surface area contributed by atoms with Crippen molar-refractivity contribution in [1.82, 2.24) is 4.57 Å². The summed E-state index contributed by atoms with van der Waals surface area (Å²) < 4.78 is 3.57. The van der Waals surface area contributed by atoms with Crippen LogP contribution in [-0.2, 0) is 19.4 Å². The van der Waals surface area contributed by atoms with Crippen LogP contribution < -0.4 is 11.1 Å². The lowest BCUT2D eigenvalue weighted by atomic mass is 9.99. The molecule has 5 heterocycles. The Labute approximate surface area is 374 Å². The molecule has 1 unspecified atom stereocenters. The molecule has 5 aromatic rings. The van der Waals surface area contributed by atoms with E-state index >= 15 is 0 Å². The van der Waals surface area contributed by atoms with Gasteiger partial charge in [-0.3, -0.25) is 14.2 Å². The quantitative estimate of drug-likeness (QED) is 0.0431. The van der Waals surface area contributed by atoms with E-state index in [1.807, 2.05) is 28.7 Å². The van der Waals surface area contributed by atoms with Crippen molar-refractivity contribution < 1.29 is 0 Å². The van der Waals surface area contributed by atoms with Crippen molar-refractivity contribution >= 4 is 65.5 Å². The van der Waals surface area contributed by atoms with E-state index in [4.69, 9.17) is 0 Å². The van der Waals surface area contributed by atoms with Crippen LogP contribution in [0.1, 0.15) is 203 Å². The molecule has 326 valence electrons. The van der Waals surface area contributed by atoms with E-state index in [-0.39, 0.29) is 11.1 Å². The average molecular weight is 876 g/mol. The van der Waals surface area contributed by atoms with E-state index in [1.165, 1.54) is 170 Å². The van der Waals surface area contributed by atoms with Gasteiger partial charge in [0.15, 0.2) is 0 Å². The van der Waals surface area contributed by atoms with Crippen LogP contribution in [0.25, 0.3) is 39.7 Å². The molecule has 0 spiro atoms. The number of unbranched alkanes of at least 4 members (excludes halogenated alkanes) is 19. The summed E-state index contributed by atoms with van der Waals surface area (Å²) in [5, 5.41) is 1.43. The minimum absolute atomic E-state index is 0.109. The third-order valence-electron chi connectivity index (χ3n) is 12.6. The predicted molar refractivity (Wildman–Crippen MR) is 268 cm³/mol. The van der Waals surface area contributed by atoms with Crippen LogP contribution in [0.2, 0.25) is 0 Å². The van der Waals surface area contributed by atoms with Crippen molar-refractivity contribution in [3.63, 3.8) is 0 Å². The minimum atomic E-state index is -0.115. The molecule has 0 bridgehead atoms. The van der Waals surface area contributed by atoms with Crippen LogP contribution in [0.3, 0.4) is 0 Å². The number of hydrogen-bond acceptors (Lipinski definition) is 6. The molecule has 0 saturated heterocycles. The fourth-order valence-corrected chi connectivity index (χ4v) is 13.6. The van der Waals surface area contributed by atoms with E-state index in [0.29, 0.717) is 17.8 Å². The van der Waals surface area contributed by atoms with Gasteiger partial charge in [0.25, 0.3) is 11.1 Å². The second kappa shape index (κ2) is 25.8. The maximum Gasteiger partial charge on any atom is 0.262 e. The molecule has 1 atom stereocenters. The number of rotatable bonds is 30. The second-order valence-corrected chi connectivity index (χ2v) is 22.2. The molecular formula is C52H77NO2S4. The van der Waals surface area contributed by atoms with Gasteiger partial charge in [-0.1, -0.05) is 163 Å². The molecule has 5 aromatic heterocycles. The van der Waals surface area contributed by atoms with Crippen molar-refractivity contribution in [2.45, 2.75) is 215 Å². The van der Waals surface area contributed by atoms with E-state index < -0.39 is 0 Å². The van der Waals surface area contributed by atoms with Crippen molar-refractivity contribution in [1.29, 1.82) is 0 Å². The van der Waals surface area contributed by atoms with Gasteiger partial charge >= 0.3 is 0 Å². The zero-order chi connectivity index (χ0) is 42.0. The zero-order valence-electron chi connectivity index (χ0n) is 37.9. The SMILES string of the molecule is CCCCCCCCCCCCc1cc(-c2cc(CCCCCCCCCCCC)c(-c3cc4c(=O)n(CC(CC)CCCC)c(=O)c5cc(C)sc5c4s3)s2)sc1C. The van der Waals surface area contributed by atoms with E-state index in [1.54, 1.807) is 27.2 Å². The standard InChI is InChI=1S/C52H77NO2S4/c1-7-11-14-16-18-20-22-24-26-28-31-41-34-45(57-39(41)6)46-35-42(32-29-27-25-23-21-19-17-15-12-8-2)48(58-46)47-36-44-50(59-47)49-43(33-38(5)56-49)51(54)53(52(44)55)37-40(10-4)30-13-9-3/h33-36,40H,7-32,37H2,1-6H3. The summed E-state index contributed by atoms with van der Waals surface area (Å²) in [4.78, 5) is 36.5. The van der Waals surface area contributed by atoms with Gasteiger partial charge in [0.1, 0.15) is 0 Å². The maximum absolute atomic E-state index is 14.5. The molecule has 7 heteroatoms. The first-order valence-corrected chi connectivity index (χ1v) is 27.4. The second-order valence-electron chi connectivity index (χ2n) is 17.6. The van der Waals surface area contributed by atoms with Gasteiger partial charge in [0.2, 0.25) is 0 Å². The lowest BCUT2D eigenvalue weighted by molar-refractivity contribution is 0.383. The Bertz CT molecular complexity index is 2110. The number of hydrogen-bond donors (Lipinski definition) is 0. The zero-order valence-corrected chi connectivity index (χ0v) is 41.1. The molecule has 0 N–H and O–H groups in total. The van der Waals surface area contributed by atoms with E-state index in [2.05, 4.69) is 59.7 Å². The largest absolute Gasteiger partial charge is 0.274 e. The van der Waals surface area contributed by atoms with Crippen LogP contribution >= 0.6 is 45.3 Å². The monoisotopic (exact) mass is 875 g/mol. The fourth-order valence-electron chi connectivity index (χ4n) is 8.84. The highest BCUT2D eigenvalue weighted by molar-refractivity contribution is 7.31. The highest BCUT2D eigenvalue weighted by Gasteiger charge is 2.22. The van der Waals surface area contributed by atoms with Crippen molar-refractivity contribution in [2.24, 2.45) is 5.92 Å². The molecule has 0 saturated carbocycles. The summed E-state index contributed by atoms with van der Waals surface area (Å²) >= 11 is 7.30. The molecule has 0 fully saturated rings. The molecule has 0 aromatic carbocycles. The minimum Gasteiger partial charge on any atom is -0.274 e. The Morgan fingerprint density at radius 1 is 0.492 bits per heavy atom. The topological polar surface area (TPSA) is 39.1 Å². The highest BCUT2D eigenvalue weighted by Crippen LogP contribution is 2.46. The molecule has 0 amide bonds. The Kier molecular flexibility index (Phi) is 21.0. The van der Waals surface area contributed by atoms with Crippen molar-refractivity contribution in [3.05, 3.63) is 65.9 Å². The highest BCUT2D eigenvalue weighted by atomic mass is 32.1. The third-order valence-corrected chi connectivity index (χ3v) is 17.6. The van der Waals surface area contributed by atoms with Crippen molar-refractivity contribution in [2.75, 3.05) is 0 Å². The van der Waals surface area contributed by atoms with Gasteiger partial charge in [-0.05, 0) is 87.3 Å². The third kappa shape index (κ3) is 14.0. The molecule has 0 radical (unpaired) electrons. The van der Waals surface area contributed by atoms with Crippen LogP contribution in [0, 0.1) is 19.8 Å². The first-order chi connectivity index (χ1) is 28.8. The predicted octanol–water partition coefficient (Wildman–Crippen LogP) is 17.9. The van der Waals surface area contributed by atoms with Gasteiger partial charge in [0, 0.05) is 35.8 Å². The maximum atomic E-state index is 14.5. The molecule has 3 nitrogen and oxygen atoms in total. The van der Waals surface area contributed by atoms with Crippen LogP contribution in [0.4, 0.5) is 0 Å².